The molecule has 18 heavy (non-hydrogen) atoms. The maximum Gasteiger partial charge on any atom is 0.0508 e. The van der Waals surface area contributed by atoms with Crippen LogP contribution in [0.2, 0.25) is 0 Å². The van der Waals surface area contributed by atoms with E-state index in [4.69, 9.17) is 4.74 Å². The van der Waals surface area contributed by atoms with Crippen LogP contribution in [0.25, 0.3) is 0 Å². The Bertz CT molecular complexity index is 410. The molecule has 0 aromatic heterocycles. The van der Waals surface area contributed by atoms with Crippen LogP contribution < -0.4 is 0 Å². The minimum Gasteiger partial charge on any atom is -0.381 e. The van der Waals surface area contributed by atoms with Crippen LogP contribution in [0.1, 0.15) is 47.2 Å². The van der Waals surface area contributed by atoms with Gasteiger partial charge in [0.05, 0.1) is 6.61 Å². The Morgan fingerprint density at radius 3 is 2.72 bits per heavy atom. The number of aryl methyl sites for hydroxylation is 2. The van der Waals surface area contributed by atoms with Gasteiger partial charge in [0.2, 0.25) is 0 Å². The Morgan fingerprint density at radius 2 is 1.94 bits per heavy atom. The average molecular weight is 309 g/mol. The number of hydrogen-bond donors (Lipinski definition) is 0. The Balaban J connectivity index is 1.78. The molecule has 0 spiro atoms. The second-order valence-electron chi connectivity index (χ2n) is 5.61. The molecule has 3 rings (SSSR count). The van der Waals surface area contributed by atoms with Crippen LogP contribution in [0.4, 0.5) is 0 Å². The number of ether oxygens (including phenoxy) is 1. The van der Waals surface area contributed by atoms with Gasteiger partial charge in [-0.1, -0.05) is 34.1 Å². The molecule has 2 atom stereocenters. The van der Waals surface area contributed by atoms with E-state index in [-0.39, 0.29) is 0 Å². The van der Waals surface area contributed by atoms with Gasteiger partial charge in [-0.25, -0.2) is 0 Å². The van der Waals surface area contributed by atoms with Crippen molar-refractivity contribution in [1.29, 1.82) is 0 Å². The highest BCUT2D eigenvalue weighted by molar-refractivity contribution is 9.09. The van der Waals surface area contributed by atoms with Crippen molar-refractivity contribution in [2.75, 3.05) is 13.2 Å². The summed E-state index contributed by atoms with van der Waals surface area (Å²) in [5, 5.41) is 0. The lowest BCUT2D eigenvalue weighted by Crippen LogP contribution is -2.21. The van der Waals surface area contributed by atoms with E-state index in [1.807, 2.05) is 0 Å². The Morgan fingerprint density at radius 1 is 1.11 bits per heavy atom. The first-order valence-corrected chi connectivity index (χ1v) is 8.09. The van der Waals surface area contributed by atoms with Gasteiger partial charge in [0.15, 0.2) is 0 Å². The number of rotatable bonds is 2. The first-order chi connectivity index (χ1) is 8.84. The Kier molecular flexibility index (Phi) is 4.05. The topological polar surface area (TPSA) is 9.23 Å². The minimum absolute atomic E-state index is 0.463. The van der Waals surface area contributed by atoms with Crippen molar-refractivity contribution in [1.82, 2.24) is 0 Å². The van der Waals surface area contributed by atoms with E-state index >= 15 is 0 Å². The molecular formula is C16H21BrO. The van der Waals surface area contributed by atoms with Gasteiger partial charge in [0.1, 0.15) is 0 Å². The molecule has 2 aliphatic rings. The zero-order valence-electron chi connectivity index (χ0n) is 10.8. The predicted octanol–water partition coefficient (Wildman–Crippen LogP) is 4.43. The molecule has 0 N–H and O–H groups in total. The standard InChI is InChI=1S/C16H21BrO/c17-16(15-6-3-9-18-11-15)14-8-7-12-4-1-2-5-13(12)10-14/h7-8,10,15-16H,1-6,9,11H2. The van der Waals surface area contributed by atoms with Gasteiger partial charge in [-0.05, 0) is 61.1 Å². The molecule has 1 heterocycles. The lowest BCUT2D eigenvalue weighted by atomic mass is 9.87. The van der Waals surface area contributed by atoms with Gasteiger partial charge in [0.25, 0.3) is 0 Å². The molecule has 2 unspecified atom stereocenters. The molecule has 0 radical (unpaired) electrons. The van der Waals surface area contributed by atoms with E-state index in [1.165, 1.54) is 44.1 Å². The van der Waals surface area contributed by atoms with Crippen molar-refractivity contribution < 1.29 is 4.74 Å². The molecule has 98 valence electrons. The SMILES string of the molecule is BrC(c1ccc2c(c1)CCCC2)C1CCCOC1. The molecule has 1 fully saturated rings. The molecule has 1 aliphatic heterocycles. The summed E-state index contributed by atoms with van der Waals surface area (Å²) in [7, 11) is 0. The summed E-state index contributed by atoms with van der Waals surface area (Å²) < 4.78 is 5.61. The summed E-state index contributed by atoms with van der Waals surface area (Å²) in [6.07, 6.45) is 7.75. The Labute approximate surface area is 118 Å². The van der Waals surface area contributed by atoms with Crippen molar-refractivity contribution in [2.24, 2.45) is 5.92 Å². The summed E-state index contributed by atoms with van der Waals surface area (Å²) in [6, 6.07) is 7.10. The summed E-state index contributed by atoms with van der Waals surface area (Å²) in [4.78, 5) is 0.463. The quantitative estimate of drug-likeness (QED) is 0.735. The van der Waals surface area contributed by atoms with Crippen LogP contribution >= 0.6 is 15.9 Å². The number of fused-ring (bicyclic) bond motifs is 1. The van der Waals surface area contributed by atoms with Crippen molar-refractivity contribution in [3.63, 3.8) is 0 Å². The molecule has 2 heteroatoms. The van der Waals surface area contributed by atoms with Crippen LogP contribution in [-0.4, -0.2) is 13.2 Å². The van der Waals surface area contributed by atoms with Gasteiger partial charge < -0.3 is 4.74 Å². The monoisotopic (exact) mass is 308 g/mol. The van der Waals surface area contributed by atoms with Crippen LogP contribution in [0.5, 0.6) is 0 Å². The van der Waals surface area contributed by atoms with E-state index < -0.39 is 0 Å². The summed E-state index contributed by atoms with van der Waals surface area (Å²) in [5.74, 6) is 0.639. The van der Waals surface area contributed by atoms with E-state index in [2.05, 4.69) is 34.1 Å². The second kappa shape index (κ2) is 5.75. The average Bonchev–Trinajstić information content (AvgIpc) is 2.47. The minimum atomic E-state index is 0.463. The van der Waals surface area contributed by atoms with Gasteiger partial charge >= 0.3 is 0 Å². The summed E-state index contributed by atoms with van der Waals surface area (Å²) >= 11 is 3.90. The molecular weight excluding hydrogens is 288 g/mol. The van der Waals surface area contributed by atoms with E-state index in [1.54, 1.807) is 11.1 Å². The van der Waals surface area contributed by atoms with Crippen LogP contribution in [0.15, 0.2) is 18.2 Å². The Hall–Kier alpha value is -0.340. The van der Waals surface area contributed by atoms with Gasteiger partial charge in [-0.3, -0.25) is 0 Å². The van der Waals surface area contributed by atoms with Crippen LogP contribution in [0.3, 0.4) is 0 Å². The van der Waals surface area contributed by atoms with Crippen molar-refractivity contribution >= 4 is 15.9 Å². The molecule has 0 saturated carbocycles. The van der Waals surface area contributed by atoms with Gasteiger partial charge in [0, 0.05) is 11.4 Å². The highest BCUT2D eigenvalue weighted by atomic mass is 79.9. The third-order valence-electron chi connectivity index (χ3n) is 4.30. The second-order valence-corrected chi connectivity index (χ2v) is 6.60. The first-order valence-electron chi connectivity index (χ1n) is 7.18. The van der Waals surface area contributed by atoms with E-state index in [0.717, 1.165) is 13.2 Å². The molecule has 1 saturated heterocycles. The highest BCUT2D eigenvalue weighted by Gasteiger charge is 2.24. The zero-order chi connectivity index (χ0) is 12.4. The number of alkyl halides is 1. The number of hydrogen-bond acceptors (Lipinski definition) is 1. The molecule has 0 bridgehead atoms. The lowest BCUT2D eigenvalue weighted by molar-refractivity contribution is 0.0546. The molecule has 0 amide bonds. The zero-order valence-corrected chi connectivity index (χ0v) is 12.4. The molecule has 1 aliphatic carbocycles. The maximum absolute atomic E-state index is 5.61. The van der Waals surface area contributed by atoms with Gasteiger partial charge in [-0.15, -0.1) is 0 Å². The summed E-state index contributed by atoms with van der Waals surface area (Å²) in [5.41, 5.74) is 4.61. The largest absolute Gasteiger partial charge is 0.381 e. The highest BCUT2D eigenvalue weighted by Crippen LogP contribution is 2.37. The normalized spacial score (nSPS) is 25.5. The predicted molar refractivity (Wildman–Crippen MR) is 78.3 cm³/mol. The van der Waals surface area contributed by atoms with Crippen molar-refractivity contribution in [3.8, 4) is 0 Å². The van der Waals surface area contributed by atoms with Crippen LogP contribution in [-0.2, 0) is 17.6 Å². The van der Waals surface area contributed by atoms with E-state index in [0.29, 0.717) is 10.7 Å². The number of benzene rings is 1. The molecule has 1 nitrogen and oxygen atoms in total. The van der Waals surface area contributed by atoms with E-state index in [9.17, 15) is 0 Å². The lowest BCUT2D eigenvalue weighted by Gasteiger charge is -2.27. The van der Waals surface area contributed by atoms with Crippen molar-refractivity contribution in [2.45, 2.75) is 43.4 Å². The van der Waals surface area contributed by atoms with Crippen LogP contribution in [0, 0.1) is 5.92 Å². The fraction of sp³-hybridized carbons (Fsp3) is 0.625. The third kappa shape index (κ3) is 2.65. The third-order valence-corrected chi connectivity index (χ3v) is 5.58. The van der Waals surface area contributed by atoms with Crippen molar-refractivity contribution in [3.05, 3.63) is 34.9 Å². The fourth-order valence-electron chi connectivity index (χ4n) is 3.19. The smallest absolute Gasteiger partial charge is 0.0508 e. The summed E-state index contributed by atoms with van der Waals surface area (Å²) in [6.45, 7) is 1.85. The van der Waals surface area contributed by atoms with Gasteiger partial charge in [-0.2, -0.15) is 0 Å². The maximum atomic E-state index is 5.61. The first kappa shape index (κ1) is 12.7. The fourth-order valence-corrected chi connectivity index (χ4v) is 3.90. The number of halogens is 1. The molecule has 1 aromatic carbocycles. The molecule has 1 aromatic rings.